The van der Waals surface area contributed by atoms with Gasteiger partial charge in [0.1, 0.15) is 39.4 Å². The van der Waals surface area contributed by atoms with E-state index in [0.29, 0.717) is 30.0 Å². The zero-order valence-corrected chi connectivity index (χ0v) is 22.2. The van der Waals surface area contributed by atoms with Crippen LogP contribution in [0.25, 0.3) is 0 Å². The van der Waals surface area contributed by atoms with Crippen LogP contribution in [0.3, 0.4) is 0 Å². The normalized spacial score (nSPS) is 11.9. The summed E-state index contributed by atoms with van der Waals surface area (Å²) in [6, 6.07) is 7.08. The van der Waals surface area contributed by atoms with Crippen LogP contribution in [0.1, 0.15) is 43.7 Å². The van der Waals surface area contributed by atoms with Crippen molar-refractivity contribution in [2.45, 2.75) is 19.1 Å². The molecule has 0 fully saturated rings. The summed E-state index contributed by atoms with van der Waals surface area (Å²) in [6.45, 7) is 2.74. The van der Waals surface area contributed by atoms with Gasteiger partial charge >= 0.3 is 6.18 Å². The number of pyridine rings is 2. The smallest absolute Gasteiger partial charge is 0.368 e. The Hall–Kier alpha value is -4.37. The summed E-state index contributed by atoms with van der Waals surface area (Å²) in [6.07, 6.45) is 0.299. The second kappa shape index (κ2) is 12.7. The average Bonchev–Trinajstić information content (AvgIpc) is 3.43. The summed E-state index contributed by atoms with van der Waals surface area (Å²) in [5.41, 5.74) is -1.00. The van der Waals surface area contributed by atoms with Crippen molar-refractivity contribution in [3.8, 4) is 0 Å². The molecule has 0 aliphatic rings. The van der Waals surface area contributed by atoms with Crippen molar-refractivity contribution in [1.82, 2.24) is 30.2 Å². The molecule has 16 heteroatoms. The molecule has 0 saturated carbocycles. The maximum absolute atomic E-state index is 13.1. The van der Waals surface area contributed by atoms with Crippen LogP contribution in [0.4, 0.5) is 30.6 Å². The SMILES string of the molecule is CC(NC(=O)c1cc(NCCNc2ccccn2)ncn1)c1ncc(C(=O)Nc2cc(C(F)(F)F)c(Cl)cn2)s1. The molecule has 4 rings (SSSR count). The molecule has 0 saturated heterocycles. The van der Waals surface area contributed by atoms with E-state index in [2.05, 4.69) is 46.2 Å². The highest BCUT2D eigenvalue weighted by atomic mass is 35.5. The van der Waals surface area contributed by atoms with Crippen LogP contribution in [0, 0.1) is 0 Å². The van der Waals surface area contributed by atoms with Crippen molar-refractivity contribution in [2.75, 3.05) is 29.0 Å². The number of rotatable bonds is 10. The molecule has 4 heterocycles. The number of aromatic nitrogens is 5. The predicted molar refractivity (Wildman–Crippen MR) is 143 cm³/mol. The first-order chi connectivity index (χ1) is 19.1. The van der Waals surface area contributed by atoms with E-state index < -0.39 is 34.6 Å². The molecule has 4 N–H and O–H groups in total. The molecule has 11 nitrogen and oxygen atoms in total. The highest BCUT2D eigenvalue weighted by molar-refractivity contribution is 7.13. The van der Waals surface area contributed by atoms with Gasteiger partial charge in [0.05, 0.1) is 22.8 Å². The molecule has 0 spiro atoms. The third-order valence-electron chi connectivity index (χ3n) is 5.17. The van der Waals surface area contributed by atoms with Crippen molar-refractivity contribution in [1.29, 1.82) is 0 Å². The van der Waals surface area contributed by atoms with Gasteiger partial charge in [-0.2, -0.15) is 13.2 Å². The third kappa shape index (κ3) is 7.60. The Labute approximate surface area is 234 Å². The Balaban J connectivity index is 1.31. The number of carbonyl (C=O) groups is 2. The number of amides is 2. The lowest BCUT2D eigenvalue weighted by Crippen LogP contribution is -2.27. The zero-order valence-electron chi connectivity index (χ0n) is 20.7. The molecule has 0 aliphatic heterocycles. The van der Waals surface area contributed by atoms with Crippen LogP contribution < -0.4 is 21.3 Å². The summed E-state index contributed by atoms with van der Waals surface area (Å²) >= 11 is 6.53. The fourth-order valence-electron chi connectivity index (χ4n) is 3.25. The van der Waals surface area contributed by atoms with Crippen LogP contribution in [0.5, 0.6) is 0 Å². The average molecular weight is 592 g/mol. The summed E-state index contributed by atoms with van der Waals surface area (Å²) < 4.78 is 39.2. The van der Waals surface area contributed by atoms with Gasteiger partial charge in [0.2, 0.25) is 0 Å². The lowest BCUT2D eigenvalue weighted by molar-refractivity contribution is -0.137. The maximum atomic E-state index is 13.1. The Morgan fingerprint density at radius 1 is 0.950 bits per heavy atom. The van der Waals surface area contributed by atoms with E-state index in [1.807, 2.05) is 18.2 Å². The van der Waals surface area contributed by atoms with Crippen molar-refractivity contribution in [3.63, 3.8) is 0 Å². The van der Waals surface area contributed by atoms with Gasteiger partial charge in [-0.15, -0.1) is 11.3 Å². The van der Waals surface area contributed by atoms with E-state index in [-0.39, 0.29) is 16.4 Å². The molecule has 4 aromatic rings. The van der Waals surface area contributed by atoms with Crippen LogP contribution in [-0.4, -0.2) is 49.8 Å². The van der Waals surface area contributed by atoms with Crippen LogP contribution in [0.2, 0.25) is 5.02 Å². The largest absolute Gasteiger partial charge is 0.418 e. The Bertz CT molecular complexity index is 1490. The topological polar surface area (TPSA) is 147 Å². The summed E-state index contributed by atoms with van der Waals surface area (Å²) in [7, 11) is 0. The number of alkyl halides is 3. The number of carbonyl (C=O) groups excluding carboxylic acids is 2. The Morgan fingerprint density at radius 3 is 2.45 bits per heavy atom. The fraction of sp³-hybridized carbons (Fsp3) is 0.208. The molecule has 40 heavy (non-hydrogen) atoms. The number of hydrogen-bond acceptors (Lipinski definition) is 10. The van der Waals surface area contributed by atoms with Gasteiger partial charge in [0.15, 0.2) is 0 Å². The third-order valence-corrected chi connectivity index (χ3v) is 6.65. The first-order valence-corrected chi connectivity index (χ1v) is 12.8. The number of hydrogen-bond donors (Lipinski definition) is 4. The Kier molecular flexibility index (Phi) is 9.06. The number of nitrogens with zero attached hydrogens (tertiary/aromatic N) is 5. The van der Waals surface area contributed by atoms with Gasteiger partial charge in [-0.25, -0.2) is 24.9 Å². The highest BCUT2D eigenvalue weighted by Gasteiger charge is 2.34. The molecule has 208 valence electrons. The van der Waals surface area contributed by atoms with E-state index in [0.717, 1.165) is 23.4 Å². The van der Waals surface area contributed by atoms with E-state index in [9.17, 15) is 22.8 Å². The molecule has 0 aliphatic carbocycles. The monoisotopic (exact) mass is 591 g/mol. The molecule has 0 bridgehead atoms. The zero-order chi connectivity index (χ0) is 28.7. The van der Waals surface area contributed by atoms with Crippen molar-refractivity contribution in [2.24, 2.45) is 0 Å². The molecule has 4 aromatic heterocycles. The van der Waals surface area contributed by atoms with Crippen molar-refractivity contribution in [3.05, 3.63) is 81.4 Å². The molecular weight excluding hydrogens is 571 g/mol. The van der Waals surface area contributed by atoms with Crippen LogP contribution in [-0.2, 0) is 6.18 Å². The predicted octanol–water partition coefficient (Wildman–Crippen LogP) is 4.66. The van der Waals surface area contributed by atoms with E-state index in [1.165, 1.54) is 18.6 Å². The second-order valence-corrected chi connectivity index (χ2v) is 9.59. The van der Waals surface area contributed by atoms with Crippen LogP contribution in [0.15, 0.2) is 55.2 Å². The number of halogens is 4. The number of nitrogens with one attached hydrogen (secondary N) is 4. The first-order valence-electron chi connectivity index (χ1n) is 11.6. The summed E-state index contributed by atoms with van der Waals surface area (Å²) in [5.74, 6) is -0.335. The molecule has 0 aromatic carbocycles. The van der Waals surface area contributed by atoms with Gasteiger partial charge in [-0.05, 0) is 25.1 Å². The highest BCUT2D eigenvalue weighted by Crippen LogP contribution is 2.35. The molecule has 1 unspecified atom stereocenters. The lowest BCUT2D eigenvalue weighted by atomic mass is 10.2. The minimum absolute atomic E-state index is 0.106. The number of anilines is 3. The minimum atomic E-state index is -4.71. The molecule has 0 radical (unpaired) electrons. The van der Waals surface area contributed by atoms with Gasteiger partial charge in [0, 0.05) is 31.5 Å². The molecule has 2 amide bonds. The van der Waals surface area contributed by atoms with Crippen molar-refractivity contribution < 1.29 is 22.8 Å². The van der Waals surface area contributed by atoms with Gasteiger partial charge in [-0.1, -0.05) is 17.7 Å². The standard InChI is InChI=1S/C24H21ClF3N9O2S/c1-13(23-33-11-17(40-23)22(39)37-20-8-14(24(26,27)28)15(25)10-32-20)36-21(38)16-9-19(35-12-34-16)31-7-6-30-18-4-2-3-5-29-18/h2-5,8-13H,6-7H2,1H3,(H,29,30)(H,36,38)(H,31,34,35)(H,32,37,39). The van der Waals surface area contributed by atoms with E-state index in [1.54, 1.807) is 13.1 Å². The first kappa shape index (κ1) is 28.6. The maximum Gasteiger partial charge on any atom is 0.418 e. The van der Waals surface area contributed by atoms with Crippen LogP contribution >= 0.6 is 22.9 Å². The van der Waals surface area contributed by atoms with Gasteiger partial charge < -0.3 is 21.3 Å². The lowest BCUT2D eigenvalue weighted by Gasteiger charge is -2.12. The summed E-state index contributed by atoms with van der Waals surface area (Å²) in [4.78, 5) is 45.6. The van der Waals surface area contributed by atoms with Crippen molar-refractivity contribution >= 4 is 52.2 Å². The molecular formula is C24H21ClF3N9O2S. The quantitative estimate of drug-likeness (QED) is 0.193. The van der Waals surface area contributed by atoms with Gasteiger partial charge in [0.25, 0.3) is 11.8 Å². The fourth-order valence-corrected chi connectivity index (χ4v) is 4.28. The molecule has 1 atom stereocenters. The minimum Gasteiger partial charge on any atom is -0.368 e. The Morgan fingerprint density at radius 2 is 1.73 bits per heavy atom. The van der Waals surface area contributed by atoms with Gasteiger partial charge in [-0.3, -0.25) is 9.59 Å². The second-order valence-electron chi connectivity index (χ2n) is 8.12. The number of thiazole rings is 1. The van der Waals surface area contributed by atoms with E-state index >= 15 is 0 Å². The van der Waals surface area contributed by atoms with E-state index in [4.69, 9.17) is 11.6 Å². The summed E-state index contributed by atoms with van der Waals surface area (Å²) in [5, 5.41) is 11.1.